The van der Waals surface area contributed by atoms with Crippen LogP contribution in [0, 0.1) is 0 Å². The molecular formula is C24H28BN5O4. The zero-order chi connectivity index (χ0) is 23.9. The summed E-state index contributed by atoms with van der Waals surface area (Å²) in [4.78, 5) is 17.9. The lowest BCUT2D eigenvalue weighted by Crippen LogP contribution is -2.41. The summed E-state index contributed by atoms with van der Waals surface area (Å²) >= 11 is 0. The summed E-state index contributed by atoms with van der Waals surface area (Å²) < 4.78 is 20.4. The lowest BCUT2D eigenvalue weighted by atomic mass is 9.78. The second kappa shape index (κ2) is 8.52. The first-order chi connectivity index (χ1) is 16.2. The average molecular weight is 461 g/mol. The number of hydrogen-bond donors (Lipinski definition) is 1. The van der Waals surface area contributed by atoms with Crippen LogP contribution in [0.4, 0.5) is 5.82 Å². The smallest absolute Gasteiger partial charge is 0.493 e. The van der Waals surface area contributed by atoms with Crippen molar-refractivity contribution in [2.24, 2.45) is 0 Å². The van der Waals surface area contributed by atoms with E-state index in [1.807, 2.05) is 56.5 Å². The van der Waals surface area contributed by atoms with Crippen LogP contribution in [0.3, 0.4) is 0 Å². The highest BCUT2D eigenvalue weighted by Crippen LogP contribution is 2.36. The number of carbonyl (C=O) groups is 1. The number of fused-ring (bicyclic) bond motifs is 5. The van der Waals surface area contributed by atoms with Crippen molar-refractivity contribution in [3.63, 3.8) is 0 Å². The summed E-state index contributed by atoms with van der Waals surface area (Å²) in [5, 5.41) is 11.1. The molecule has 1 amide bonds. The van der Waals surface area contributed by atoms with Crippen molar-refractivity contribution in [2.75, 3.05) is 11.9 Å². The Kier molecular flexibility index (Phi) is 5.65. The number of aromatic nitrogens is 4. The molecule has 1 saturated heterocycles. The summed E-state index contributed by atoms with van der Waals surface area (Å²) in [5.41, 5.74) is 0.850. The van der Waals surface area contributed by atoms with Gasteiger partial charge in [-0.3, -0.25) is 4.79 Å². The molecule has 10 heteroatoms. The molecule has 9 nitrogen and oxygen atoms in total. The number of amides is 1. The van der Waals surface area contributed by atoms with Crippen LogP contribution in [0.2, 0.25) is 0 Å². The summed E-state index contributed by atoms with van der Waals surface area (Å²) in [6.45, 7) is 9.24. The first-order valence-corrected chi connectivity index (χ1v) is 11.5. The van der Waals surface area contributed by atoms with Gasteiger partial charge in [-0.2, -0.15) is 0 Å². The molecule has 0 unspecified atom stereocenters. The zero-order valence-corrected chi connectivity index (χ0v) is 19.9. The maximum absolute atomic E-state index is 13.4. The van der Waals surface area contributed by atoms with Crippen LogP contribution in [-0.2, 0) is 15.9 Å². The van der Waals surface area contributed by atoms with E-state index in [0.29, 0.717) is 35.3 Å². The topological polar surface area (TPSA) is 100 Å². The number of nitrogens with zero attached hydrogens (tertiary/aromatic N) is 4. The quantitative estimate of drug-likeness (QED) is 0.556. The Balaban J connectivity index is 1.49. The van der Waals surface area contributed by atoms with Gasteiger partial charge in [-0.25, -0.2) is 4.98 Å². The average Bonchev–Trinajstić information content (AvgIpc) is 3.34. The van der Waals surface area contributed by atoms with Crippen molar-refractivity contribution in [2.45, 2.75) is 58.3 Å². The van der Waals surface area contributed by atoms with Crippen molar-refractivity contribution in [1.29, 1.82) is 0 Å². The number of ether oxygens (including phenoxy) is 1. The number of pyridine rings is 1. The van der Waals surface area contributed by atoms with E-state index in [1.165, 1.54) is 0 Å². The van der Waals surface area contributed by atoms with E-state index in [2.05, 4.69) is 20.5 Å². The van der Waals surface area contributed by atoms with Crippen molar-refractivity contribution in [3.05, 3.63) is 48.3 Å². The Morgan fingerprint density at radius 3 is 2.65 bits per heavy atom. The minimum atomic E-state index is -0.580. The van der Waals surface area contributed by atoms with Crippen LogP contribution in [0.25, 0.3) is 11.5 Å². The molecular weight excluding hydrogens is 433 g/mol. The molecule has 2 aliphatic rings. The van der Waals surface area contributed by atoms with Crippen LogP contribution < -0.4 is 15.5 Å². The van der Waals surface area contributed by atoms with Gasteiger partial charge in [0.2, 0.25) is 0 Å². The van der Waals surface area contributed by atoms with Crippen LogP contribution in [0.1, 0.15) is 50.9 Å². The van der Waals surface area contributed by atoms with E-state index in [0.717, 1.165) is 24.8 Å². The zero-order valence-electron chi connectivity index (χ0n) is 19.9. The lowest BCUT2D eigenvalue weighted by molar-refractivity contribution is 0.00578. The van der Waals surface area contributed by atoms with Gasteiger partial charge in [-0.15, -0.1) is 10.2 Å². The number of aryl methyl sites for hydroxylation is 1. The van der Waals surface area contributed by atoms with Gasteiger partial charge in [0.05, 0.1) is 23.4 Å². The van der Waals surface area contributed by atoms with Gasteiger partial charge in [0, 0.05) is 6.54 Å². The molecule has 0 radical (unpaired) electrons. The minimum absolute atomic E-state index is 0.323. The molecule has 4 heterocycles. The normalized spacial score (nSPS) is 19.4. The molecule has 34 heavy (non-hydrogen) atoms. The number of rotatable bonds is 1. The maximum Gasteiger partial charge on any atom is 0.494 e. The third kappa shape index (κ3) is 4.19. The molecule has 0 spiro atoms. The molecule has 5 rings (SSSR count). The van der Waals surface area contributed by atoms with E-state index in [4.69, 9.17) is 14.0 Å². The SMILES string of the molecule is CC1(C)OB(c2ccc3c(c2)C(=O)Nc2cccc(n2)-c2nncn2CCCCO3)OC1(C)C. The molecule has 2 bridgehead atoms. The molecule has 2 aliphatic heterocycles. The van der Waals surface area contributed by atoms with Gasteiger partial charge >= 0.3 is 7.12 Å². The Hall–Kier alpha value is -3.24. The summed E-state index contributed by atoms with van der Waals surface area (Å²) in [7, 11) is -0.580. The predicted molar refractivity (Wildman–Crippen MR) is 128 cm³/mol. The van der Waals surface area contributed by atoms with Gasteiger partial charge in [-0.05, 0) is 70.3 Å². The fourth-order valence-electron chi connectivity index (χ4n) is 3.97. The molecule has 176 valence electrons. The highest BCUT2D eigenvalue weighted by Gasteiger charge is 2.51. The number of nitrogens with one attached hydrogen (secondary N) is 1. The van der Waals surface area contributed by atoms with Gasteiger partial charge in [0.1, 0.15) is 23.6 Å². The summed E-state index contributed by atoms with van der Waals surface area (Å²) in [5.74, 6) is 1.27. The predicted octanol–water partition coefficient (Wildman–Crippen LogP) is 3.06. The molecule has 1 aromatic carbocycles. The number of anilines is 1. The van der Waals surface area contributed by atoms with Crippen molar-refractivity contribution in [3.8, 4) is 17.3 Å². The number of carbonyl (C=O) groups excluding carboxylic acids is 1. The van der Waals surface area contributed by atoms with E-state index in [1.54, 1.807) is 18.5 Å². The fraction of sp³-hybridized carbons (Fsp3) is 0.417. The van der Waals surface area contributed by atoms with Crippen molar-refractivity contribution < 1.29 is 18.8 Å². The second-order valence-electron chi connectivity index (χ2n) is 9.61. The third-order valence-electron chi connectivity index (χ3n) is 6.66. The number of benzene rings is 1. The Bertz CT molecular complexity index is 1210. The lowest BCUT2D eigenvalue weighted by Gasteiger charge is -2.32. The molecule has 2 aromatic heterocycles. The Morgan fingerprint density at radius 2 is 1.85 bits per heavy atom. The van der Waals surface area contributed by atoms with Crippen molar-refractivity contribution >= 4 is 24.3 Å². The Morgan fingerprint density at radius 1 is 1.06 bits per heavy atom. The van der Waals surface area contributed by atoms with E-state index in [9.17, 15) is 4.79 Å². The van der Waals surface area contributed by atoms with Gasteiger partial charge in [0.25, 0.3) is 5.91 Å². The van der Waals surface area contributed by atoms with Gasteiger partial charge in [-0.1, -0.05) is 12.1 Å². The standard InChI is InChI=1S/C24H28BN5O4/c1-23(2)24(3,4)34-25(33-23)16-10-11-19-17(14-16)22(31)28-20-9-7-8-18(27-20)21-29-26-15-30(21)12-5-6-13-32-19/h7-11,14-15H,5-6,12-13H2,1-4H3,(H,27,28,31). The van der Waals surface area contributed by atoms with Crippen LogP contribution >= 0.6 is 0 Å². The highest BCUT2D eigenvalue weighted by atomic mass is 16.7. The minimum Gasteiger partial charge on any atom is -0.493 e. The van der Waals surface area contributed by atoms with Crippen molar-refractivity contribution in [1.82, 2.24) is 19.7 Å². The molecule has 0 atom stereocenters. The van der Waals surface area contributed by atoms with Crippen LogP contribution in [0.15, 0.2) is 42.7 Å². The maximum atomic E-state index is 13.4. The molecule has 3 aromatic rings. The Labute approximate surface area is 199 Å². The van der Waals surface area contributed by atoms with E-state index < -0.39 is 18.3 Å². The van der Waals surface area contributed by atoms with E-state index in [-0.39, 0.29) is 5.91 Å². The summed E-state index contributed by atoms with van der Waals surface area (Å²) in [6, 6.07) is 10.9. The van der Waals surface area contributed by atoms with Gasteiger partial charge in [0.15, 0.2) is 5.82 Å². The van der Waals surface area contributed by atoms with Crippen LogP contribution in [0.5, 0.6) is 5.75 Å². The van der Waals surface area contributed by atoms with Gasteiger partial charge < -0.3 is 23.9 Å². The molecule has 0 saturated carbocycles. The number of hydrogen-bond acceptors (Lipinski definition) is 7. The van der Waals surface area contributed by atoms with Crippen LogP contribution in [-0.4, -0.2) is 50.6 Å². The molecule has 1 fully saturated rings. The third-order valence-corrected chi connectivity index (χ3v) is 6.66. The first kappa shape index (κ1) is 22.6. The summed E-state index contributed by atoms with van der Waals surface area (Å²) in [6.07, 6.45) is 3.38. The monoisotopic (exact) mass is 461 g/mol. The highest BCUT2D eigenvalue weighted by molar-refractivity contribution is 6.62. The second-order valence-corrected chi connectivity index (χ2v) is 9.61. The molecule has 0 aliphatic carbocycles. The molecule has 1 N–H and O–H groups in total. The largest absolute Gasteiger partial charge is 0.494 e. The van der Waals surface area contributed by atoms with E-state index >= 15 is 0 Å². The fourth-order valence-corrected chi connectivity index (χ4v) is 3.97. The first-order valence-electron chi connectivity index (χ1n) is 11.5.